The number of rotatable bonds is 5. The molecule has 0 saturated carbocycles. The van der Waals surface area contributed by atoms with Gasteiger partial charge in [-0.2, -0.15) is 0 Å². The predicted molar refractivity (Wildman–Crippen MR) is 112 cm³/mol. The molecule has 1 heterocycles. The van der Waals surface area contributed by atoms with E-state index in [2.05, 4.69) is 31.1 Å². The van der Waals surface area contributed by atoms with Crippen molar-refractivity contribution < 1.29 is 13.6 Å². The molecule has 3 nitrogen and oxygen atoms in total. The molecule has 0 saturated heterocycles. The van der Waals surface area contributed by atoms with E-state index in [4.69, 9.17) is 0 Å². The molecule has 0 aliphatic carbocycles. The molecule has 5 heteroatoms. The zero-order valence-corrected chi connectivity index (χ0v) is 17.2. The van der Waals surface area contributed by atoms with Crippen molar-refractivity contribution in [1.29, 1.82) is 0 Å². The van der Waals surface area contributed by atoms with Crippen molar-refractivity contribution in [2.24, 2.45) is 5.41 Å². The Labute approximate surface area is 170 Å². The number of hydrogen-bond donors (Lipinski definition) is 1. The van der Waals surface area contributed by atoms with E-state index in [0.29, 0.717) is 17.4 Å². The average molecular weight is 396 g/mol. The molecule has 0 spiro atoms. The predicted octanol–water partition coefficient (Wildman–Crippen LogP) is 5.68. The van der Waals surface area contributed by atoms with E-state index in [-0.39, 0.29) is 16.8 Å². The summed E-state index contributed by atoms with van der Waals surface area (Å²) in [4.78, 5) is 17.0. The monoisotopic (exact) mass is 396 g/mol. The number of fused-ring (bicyclic) bond motifs is 1. The fourth-order valence-electron chi connectivity index (χ4n) is 3.98. The van der Waals surface area contributed by atoms with E-state index < -0.39 is 17.2 Å². The van der Waals surface area contributed by atoms with Crippen LogP contribution >= 0.6 is 0 Å². The topological polar surface area (TPSA) is 42.0 Å². The van der Waals surface area contributed by atoms with Gasteiger partial charge < -0.3 is 5.32 Å². The highest BCUT2D eigenvalue weighted by Crippen LogP contribution is 2.30. The average Bonchev–Trinajstić information content (AvgIpc) is 2.63. The maximum atomic E-state index is 13.9. The number of pyridine rings is 1. The molecule has 1 aromatic heterocycles. The van der Waals surface area contributed by atoms with Crippen LogP contribution in [0.1, 0.15) is 50.0 Å². The quantitative estimate of drug-likeness (QED) is 0.603. The van der Waals surface area contributed by atoms with Crippen molar-refractivity contribution in [3.05, 3.63) is 77.5 Å². The number of carbonyl (C=O) groups is 1. The zero-order chi connectivity index (χ0) is 21.2. The van der Waals surface area contributed by atoms with Gasteiger partial charge in [-0.1, -0.05) is 51.1 Å². The van der Waals surface area contributed by atoms with Crippen LogP contribution in [-0.2, 0) is 6.42 Å². The third-order valence-corrected chi connectivity index (χ3v) is 4.78. The Morgan fingerprint density at radius 1 is 1.03 bits per heavy atom. The van der Waals surface area contributed by atoms with Crippen LogP contribution in [0.2, 0.25) is 0 Å². The highest BCUT2D eigenvalue weighted by molar-refractivity contribution is 5.97. The third kappa shape index (κ3) is 5.17. The standard InChI is InChI=1S/C24H26F2N2O/c1-23(2,3)15-24(4,13-16-8-6-5-7-9-16)28-22(29)18-12-17-10-11-19(25)20(26)21(17)27-14-18/h5-12,14H,13,15H2,1-4H3,(H,28,29). The lowest BCUT2D eigenvalue weighted by Gasteiger charge is -2.37. The maximum absolute atomic E-state index is 13.9. The summed E-state index contributed by atoms with van der Waals surface area (Å²) < 4.78 is 27.3. The molecule has 3 rings (SSSR count). The maximum Gasteiger partial charge on any atom is 0.253 e. The minimum atomic E-state index is -1.00. The van der Waals surface area contributed by atoms with E-state index in [1.165, 1.54) is 12.3 Å². The van der Waals surface area contributed by atoms with E-state index in [9.17, 15) is 13.6 Å². The zero-order valence-electron chi connectivity index (χ0n) is 17.2. The van der Waals surface area contributed by atoms with Gasteiger partial charge in [0.2, 0.25) is 0 Å². The minimum absolute atomic E-state index is 0.000892. The van der Waals surface area contributed by atoms with Crippen LogP contribution in [0.4, 0.5) is 8.78 Å². The van der Waals surface area contributed by atoms with Crippen molar-refractivity contribution in [2.45, 2.75) is 46.1 Å². The summed E-state index contributed by atoms with van der Waals surface area (Å²) in [6.45, 7) is 8.44. The second-order valence-corrected chi connectivity index (χ2v) is 9.07. The number of nitrogens with one attached hydrogen (secondary N) is 1. The first-order chi connectivity index (χ1) is 13.6. The van der Waals surface area contributed by atoms with Gasteiger partial charge in [0.25, 0.3) is 5.91 Å². The molecule has 0 radical (unpaired) electrons. The van der Waals surface area contributed by atoms with Crippen LogP contribution in [-0.4, -0.2) is 16.4 Å². The highest BCUT2D eigenvalue weighted by atomic mass is 19.2. The first-order valence-corrected chi connectivity index (χ1v) is 9.67. The first kappa shape index (κ1) is 20.9. The Bertz CT molecular complexity index is 1030. The van der Waals surface area contributed by atoms with E-state index in [0.717, 1.165) is 18.1 Å². The van der Waals surface area contributed by atoms with Crippen LogP contribution in [0.3, 0.4) is 0 Å². The number of benzene rings is 2. The Hall–Kier alpha value is -2.82. The van der Waals surface area contributed by atoms with Gasteiger partial charge in [0, 0.05) is 17.1 Å². The molecule has 2 aromatic carbocycles. The number of halogens is 2. The van der Waals surface area contributed by atoms with Crippen molar-refractivity contribution in [3.63, 3.8) is 0 Å². The molecule has 0 aliphatic heterocycles. The Morgan fingerprint density at radius 3 is 2.38 bits per heavy atom. The number of aromatic nitrogens is 1. The molecule has 1 unspecified atom stereocenters. The molecule has 0 bridgehead atoms. The van der Waals surface area contributed by atoms with Crippen LogP contribution in [0.15, 0.2) is 54.7 Å². The molecule has 1 amide bonds. The molecule has 0 aliphatic rings. The number of hydrogen-bond acceptors (Lipinski definition) is 2. The molecule has 29 heavy (non-hydrogen) atoms. The molecular weight excluding hydrogens is 370 g/mol. The fraction of sp³-hybridized carbons (Fsp3) is 0.333. The van der Waals surface area contributed by atoms with Crippen molar-refractivity contribution >= 4 is 16.8 Å². The van der Waals surface area contributed by atoms with Crippen molar-refractivity contribution in [3.8, 4) is 0 Å². The Kier molecular flexibility index (Phi) is 5.69. The largest absolute Gasteiger partial charge is 0.346 e. The van der Waals surface area contributed by atoms with Gasteiger partial charge in [0.05, 0.1) is 5.56 Å². The van der Waals surface area contributed by atoms with Gasteiger partial charge in [-0.05, 0) is 48.9 Å². The Balaban J connectivity index is 1.89. The normalized spacial score (nSPS) is 13.9. The van der Waals surface area contributed by atoms with Gasteiger partial charge >= 0.3 is 0 Å². The summed E-state index contributed by atoms with van der Waals surface area (Å²) >= 11 is 0. The second kappa shape index (κ2) is 7.90. The van der Waals surface area contributed by atoms with Gasteiger partial charge in [0.1, 0.15) is 5.52 Å². The highest BCUT2D eigenvalue weighted by Gasteiger charge is 2.32. The molecule has 0 fully saturated rings. The van der Waals surface area contributed by atoms with Gasteiger partial charge in [-0.15, -0.1) is 0 Å². The summed E-state index contributed by atoms with van der Waals surface area (Å²) in [6.07, 6.45) is 2.74. The Morgan fingerprint density at radius 2 is 1.72 bits per heavy atom. The molecule has 152 valence electrons. The molecule has 3 aromatic rings. The molecule has 1 N–H and O–H groups in total. The summed E-state index contributed by atoms with van der Waals surface area (Å²) in [5, 5.41) is 3.54. The van der Waals surface area contributed by atoms with E-state index in [1.807, 2.05) is 37.3 Å². The number of nitrogens with zero attached hydrogens (tertiary/aromatic N) is 1. The summed E-state index contributed by atoms with van der Waals surface area (Å²) in [7, 11) is 0. The van der Waals surface area contributed by atoms with Crippen LogP contribution < -0.4 is 5.32 Å². The van der Waals surface area contributed by atoms with Crippen molar-refractivity contribution in [1.82, 2.24) is 10.3 Å². The first-order valence-electron chi connectivity index (χ1n) is 9.67. The summed E-state index contributed by atoms with van der Waals surface area (Å²) in [6, 6.07) is 14.0. The van der Waals surface area contributed by atoms with Crippen LogP contribution in [0, 0.1) is 17.0 Å². The lowest BCUT2D eigenvalue weighted by molar-refractivity contribution is 0.0879. The fourth-order valence-corrected chi connectivity index (χ4v) is 3.98. The number of carbonyl (C=O) groups excluding carboxylic acids is 1. The summed E-state index contributed by atoms with van der Waals surface area (Å²) in [5.41, 5.74) is 0.882. The molecular formula is C24H26F2N2O. The van der Waals surface area contributed by atoms with E-state index in [1.54, 1.807) is 6.07 Å². The number of amides is 1. The summed E-state index contributed by atoms with van der Waals surface area (Å²) in [5.74, 6) is -2.24. The van der Waals surface area contributed by atoms with Gasteiger partial charge in [-0.3, -0.25) is 9.78 Å². The van der Waals surface area contributed by atoms with Gasteiger partial charge in [-0.25, -0.2) is 8.78 Å². The third-order valence-electron chi connectivity index (χ3n) is 4.78. The lowest BCUT2D eigenvalue weighted by atomic mass is 9.77. The van der Waals surface area contributed by atoms with Crippen LogP contribution in [0.25, 0.3) is 10.9 Å². The smallest absolute Gasteiger partial charge is 0.253 e. The minimum Gasteiger partial charge on any atom is -0.346 e. The van der Waals surface area contributed by atoms with E-state index >= 15 is 0 Å². The van der Waals surface area contributed by atoms with Gasteiger partial charge in [0.15, 0.2) is 11.6 Å². The SMILES string of the molecule is CC(C)(C)CC(C)(Cc1ccccc1)NC(=O)c1cnc2c(F)c(F)ccc2c1. The molecule has 1 atom stereocenters. The lowest BCUT2D eigenvalue weighted by Crippen LogP contribution is -2.50. The second-order valence-electron chi connectivity index (χ2n) is 9.07. The van der Waals surface area contributed by atoms with Crippen molar-refractivity contribution in [2.75, 3.05) is 0 Å². The van der Waals surface area contributed by atoms with Crippen LogP contribution in [0.5, 0.6) is 0 Å².